The van der Waals surface area contributed by atoms with Gasteiger partial charge in [0.25, 0.3) is 5.56 Å². The van der Waals surface area contributed by atoms with Crippen molar-refractivity contribution in [3.63, 3.8) is 0 Å². The Labute approximate surface area is 82.2 Å². The van der Waals surface area contributed by atoms with Gasteiger partial charge in [0.2, 0.25) is 0 Å². The van der Waals surface area contributed by atoms with E-state index in [4.69, 9.17) is 0 Å². The first-order valence-corrected chi connectivity index (χ1v) is 4.48. The van der Waals surface area contributed by atoms with Crippen LogP contribution in [0.4, 0.5) is 0 Å². The Morgan fingerprint density at radius 3 is 2.85 bits per heavy atom. The van der Waals surface area contributed by atoms with Crippen molar-refractivity contribution >= 4 is 26.7 Å². The van der Waals surface area contributed by atoms with E-state index in [2.05, 4.69) is 20.9 Å². The van der Waals surface area contributed by atoms with E-state index in [-0.39, 0.29) is 11.4 Å². The normalized spacial score (nSPS) is 10.5. The second-order valence-corrected chi connectivity index (χ2v) is 3.63. The summed E-state index contributed by atoms with van der Waals surface area (Å²) < 4.78 is 0.880. The van der Waals surface area contributed by atoms with Crippen molar-refractivity contribution in [2.24, 2.45) is 0 Å². The molecule has 1 heterocycles. The van der Waals surface area contributed by atoms with Gasteiger partial charge in [0.05, 0.1) is 0 Å². The predicted octanol–water partition coefficient (Wildman–Crippen LogP) is 2.00. The lowest BCUT2D eigenvalue weighted by molar-refractivity contribution is 0.459. The van der Waals surface area contributed by atoms with Crippen LogP contribution >= 0.6 is 15.9 Å². The monoisotopic (exact) mass is 239 g/mol. The highest BCUT2D eigenvalue weighted by molar-refractivity contribution is 9.10. The molecule has 0 spiro atoms. The van der Waals surface area contributed by atoms with E-state index in [9.17, 15) is 9.90 Å². The third-order valence-corrected chi connectivity index (χ3v) is 2.29. The van der Waals surface area contributed by atoms with Crippen LogP contribution in [0.3, 0.4) is 0 Å². The minimum absolute atomic E-state index is 0.0880. The summed E-state index contributed by atoms with van der Waals surface area (Å²) in [5.41, 5.74) is -0.303. The van der Waals surface area contributed by atoms with Crippen molar-refractivity contribution in [3.8, 4) is 5.88 Å². The summed E-state index contributed by atoms with van der Waals surface area (Å²) in [5, 5.41) is 10.7. The number of hydrogen-bond donors (Lipinski definition) is 2. The molecule has 0 aliphatic rings. The fraction of sp³-hybridized carbons (Fsp3) is 0. The Morgan fingerprint density at radius 2 is 2.08 bits per heavy atom. The Morgan fingerprint density at radius 1 is 1.31 bits per heavy atom. The van der Waals surface area contributed by atoms with Crippen LogP contribution in [0, 0.1) is 0 Å². The Hall–Kier alpha value is -1.29. The molecule has 0 unspecified atom stereocenters. The zero-order valence-corrected chi connectivity index (χ0v) is 8.13. The number of benzene rings is 1. The summed E-state index contributed by atoms with van der Waals surface area (Å²) in [6.07, 6.45) is 0. The van der Waals surface area contributed by atoms with E-state index < -0.39 is 0 Å². The van der Waals surface area contributed by atoms with Gasteiger partial charge in [-0.15, -0.1) is 0 Å². The number of aromatic hydroxyl groups is 1. The van der Waals surface area contributed by atoms with Crippen molar-refractivity contribution in [3.05, 3.63) is 39.1 Å². The maximum atomic E-state index is 11.0. The van der Waals surface area contributed by atoms with Crippen LogP contribution in [-0.2, 0) is 0 Å². The van der Waals surface area contributed by atoms with Gasteiger partial charge in [-0.1, -0.05) is 15.9 Å². The number of H-pyrrole nitrogens is 1. The summed E-state index contributed by atoms with van der Waals surface area (Å²) in [6, 6.07) is 6.77. The number of rotatable bonds is 0. The van der Waals surface area contributed by atoms with E-state index in [0.717, 1.165) is 9.86 Å². The Balaban J connectivity index is 2.94. The number of hydrogen-bond acceptors (Lipinski definition) is 2. The molecule has 2 aromatic rings. The molecule has 1 aromatic carbocycles. The molecule has 2 rings (SSSR count). The van der Waals surface area contributed by atoms with Crippen molar-refractivity contribution in [2.75, 3.05) is 0 Å². The summed E-state index contributed by atoms with van der Waals surface area (Å²) >= 11 is 3.29. The molecule has 0 saturated carbocycles. The number of aromatic amines is 1. The van der Waals surface area contributed by atoms with Crippen molar-refractivity contribution in [1.29, 1.82) is 0 Å². The minimum Gasteiger partial charge on any atom is -0.494 e. The molecule has 4 heteroatoms. The quantitative estimate of drug-likeness (QED) is 0.739. The summed E-state index contributed by atoms with van der Waals surface area (Å²) in [6.45, 7) is 0. The van der Waals surface area contributed by atoms with Gasteiger partial charge in [0.15, 0.2) is 5.88 Å². The molecule has 0 aliphatic heterocycles. The standard InChI is InChI=1S/C9H6BrNO2/c10-6-1-2-7-5(3-6)4-8(12)11-9(7)13/h1-4H,(H2,11,12,13). The third-order valence-electron chi connectivity index (χ3n) is 1.80. The maximum Gasteiger partial charge on any atom is 0.251 e. The van der Waals surface area contributed by atoms with Gasteiger partial charge in [-0.05, 0) is 23.6 Å². The fourth-order valence-electron chi connectivity index (χ4n) is 1.23. The lowest BCUT2D eigenvalue weighted by atomic mass is 10.2. The summed E-state index contributed by atoms with van der Waals surface area (Å²) in [4.78, 5) is 13.3. The first-order chi connectivity index (χ1) is 6.16. The molecule has 13 heavy (non-hydrogen) atoms. The topological polar surface area (TPSA) is 53.1 Å². The van der Waals surface area contributed by atoms with Crippen LogP contribution in [0.2, 0.25) is 0 Å². The van der Waals surface area contributed by atoms with Crippen LogP contribution in [0.25, 0.3) is 10.8 Å². The predicted molar refractivity (Wildman–Crippen MR) is 53.9 cm³/mol. The molecule has 0 fully saturated rings. The smallest absolute Gasteiger partial charge is 0.251 e. The van der Waals surface area contributed by atoms with Crippen molar-refractivity contribution < 1.29 is 5.11 Å². The average Bonchev–Trinajstić information content (AvgIpc) is 2.02. The fourth-order valence-corrected chi connectivity index (χ4v) is 1.61. The second kappa shape index (κ2) is 2.88. The zero-order chi connectivity index (χ0) is 9.42. The Bertz CT molecular complexity index is 518. The van der Waals surface area contributed by atoms with Gasteiger partial charge < -0.3 is 5.11 Å². The highest BCUT2D eigenvalue weighted by Gasteiger charge is 2.01. The van der Waals surface area contributed by atoms with Crippen LogP contribution in [0.1, 0.15) is 0 Å². The lowest BCUT2D eigenvalue weighted by Crippen LogP contribution is -2.02. The highest BCUT2D eigenvalue weighted by atomic mass is 79.9. The SMILES string of the molecule is O=c1cc2cc(Br)ccc2c(O)[nH]1. The number of halogens is 1. The van der Waals surface area contributed by atoms with Gasteiger partial charge in [-0.25, -0.2) is 0 Å². The van der Waals surface area contributed by atoms with Crippen LogP contribution in [-0.4, -0.2) is 10.1 Å². The first kappa shape index (κ1) is 8.31. The number of aromatic nitrogens is 1. The molecule has 3 nitrogen and oxygen atoms in total. The molecule has 1 aromatic heterocycles. The van der Waals surface area contributed by atoms with Gasteiger partial charge in [0.1, 0.15) is 0 Å². The van der Waals surface area contributed by atoms with Crippen LogP contribution in [0.15, 0.2) is 33.5 Å². The average molecular weight is 240 g/mol. The van der Waals surface area contributed by atoms with E-state index in [1.807, 2.05) is 0 Å². The van der Waals surface area contributed by atoms with Gasteiger partial charge in [-0.2, -0.15) is 0 Å². The maximum absolute atomic E-state index is 11.0. The van der Waals surface area contributed by atoms with Crippen LogP contribution < -0.4 is 5.56 Å². The van der Waals surface area contributed by atoms with Crippen LogP contribution in [0.5, 0.6) is 5.88 Å². The second-order valence-electron chi connectivity index (χ2n) is 2.71. The van der Waals surface area contributed by atoms with E-state index in [1.54, 1.807) is 18.2 Å². The third kappa shape index (κ3) is 1.45. The van der Waals surface area contributed by atoms with E-state index in [0.29, 0.717) is 5.39 Å². The minimum atomic E-state index is -0.303. The zero-order valence-electron chi connectivity index (χ0n) is 6.54. The number of pyridine rings is 1. The first-order valence-electron chi connectivity index (χ1n) is 3.68. The molecule has 2 N–H and O–H groups in total. The number of fused-ring (bicyclic) bond motifs is 1. The van der Waals surface area contributed by atoms with E-state index >= 15 is 0 Å². The molecule has 0 radical (unpaired) electrons. The lowest BCUT2D eigenvalue weighted by Gasteiger charge is -1.99. The molecule has 0 amide bonds. The van der Waals surface area contributed by atoms with Crippen molar-refractivity contribution in [2.45, 2.75) is 0 Å². The van der Waals surface area contributed by atoms with E-state index in [1.165, 1.54) is 6.07 Å². The Kier molecular flexibility index (Phi) is 1.84. The van der Waals surface area contributed by atoms with Gasteiger partial charge >= 0.3 is 0 Å². The summed E-state index contributed by atoms with van der Waals surface area (Å²) in [5.74, 6) is -0.0880. The molecular formula is C9H6BrNO2. The molecule has 0 bridgehead atoms. The molecule has 0 saturated heterocycles. The molecular weight excluding hydrogens is 234 g/mol. The van der Waals surface area contributed by atoms with Crippen molar-refractivity contribution in [1.82, 2.24) is 4.98 Å². The molecule has 66 valence electrons. The molecule has 0 aliphatic carbocycles. The largest absolute Gasteiger partial charge is 0.494 e. The van der Waals surface area contributed by atoms with Gasteiger partial charge in [0, 0.05) is 15.9 Å². The molecule has 0 atom stereocenters. The summed E-state index contributed by atoms with van der Waals surface area (Å²) in [7, 11) is 0. The number of nitrogens with one attached hydrogen (secondary N) is 1. The highest BCUT2D eigenvalue weighted by Crippen LogP contribution is 2.23. The van der Waals surface area contributed by atoms with Gasteiger partial charge in [-0.3, -0.25) is 9.78 Å².